The van der Waals surface area contributed by atoms with E-state index in [4.69, 9.17) is 4.11 Å². The zero-order valence-electron chi connectivity index (χ0n) is 20.1. The third-order valence-corrected chi connectivity index (χ3v) is 6.10. The van der Waals surface area contributed by atoms with Gasteiger partial charge in [-0.2, -0.15) is 0 Å². The predicted octanol–water partition coefficient (Wildman–Crippen LogP) is 1.69. The molecule has 2 amide bonds. The van der Waals surface area contributed by atoms with E-state index in [9.17, 15) is 33.4 Å². The summed E-state index contributed by atoms with van der Waals surface area (Å²) in [6.45, 7) is -1.85. The first kappa shape index (κ1) is 18.3. The first-order valence-corrected chi connectivity index (χ1v) is 10.00. The molecule has 170 valence electrons. The van der Waals surface area contributed by atoms with Crippen molar-refractivity contribution in [2.75, 3.05) is 6.54 Å². The highest BCUT2D eigenvalue weighted by molar-refractivity contribution is 5.99. The van der Waals surface area contributed by atoms with Crippen molar-refractivity contribution in [3.05, 3.63) is 63.1 Å². The lowest BCUT2D eigenvalue weighted by molar-refractivity contribution is -0.00840. The summed E-state index contributed by atoms with van der Waals surface area (Å²) in [5, 5.41) is 24.2. The van der Waals surface area contributed by atoms with E-state index in [1.54, 1.807) is 6.92 Å². The van der Waals surface area contributed by atoms with Crippen molar-refractivity contribution in [1.82, 2.24) is 14.8 Å². The molecule has 8 nitrogen and oxygen atoms in total. The molecule has 32 heavy (non-hydrogen) atoms. The highest BCUT2D eigenvalue weighted by Gasteiger charge is 2.46. The van der Waals surface area contributed by atoms with Crippen LogP contribution in [0.15, 0.2) is 29.2 Å². The average molecular weight is 450 g/mol. The van der Waals surface area contributed by atoms with Crippen LogP contribution < -0.4 is 10.7 Å². The van der Waals surface area contributed by atoms with Crippen molar-refractivity contribution >= 4 is 11.8 Å². The lowest BCUT2D eigenvalue weighted by atomic mass is 9.90. The zero-order chi connectivity index (χ0) is 25.9. The topological polar surface area (TPSA) is 112 Å². The van der Waals surface area contributed by atoms with Crippen LogP contribution in [0.3, 0.4) is 0 Å². The van der Waals surface area contributed by atoms with E-state index in [0.717, 1.165) is 22.9 Å². The molecule has 0 saturated carbocycles. The minimum Gasteiger partial charge on any atom is -0.503 e. The van der Waals surface area contributed by atoms with Gasteiger partial charge in [0.1, 0.15) is 17.2 Å². The highest BCUT2D eigenvalue weighted by atomic mass is 19.1. The Labute approximate surface area is 186 Å². The number of benzene rings is 1. The van der Waals surface area contributed by atoms with Gasteiger partial charge in [-0.1, -0.05) is 6.07 Å². The number of carbonyl (C=O) groups is 2. The summed E-state index contributed by atoms with van der Waals surface area (Å²) in [5.74, 6) is -4.57. The van der Waals surface area contributed by atoms with Crippen LogP contribution in [-0.4, -0.2) is 49.7 Å². The number of amides is 2. The van der Waals surface area contributed by atoms with Gasteiger partial charge in [-0.15, -0.1) is 0 Å². The fraction of sp³-hybridized carbons (Fsp3) is 0.409. The number of nitrogens with zero attached hydrogens (tertiary/aromatic N) is 2. The first-order chi connectivity index (χ1) is 16.3. The fourth-order valence-electron chi connectivity index (χ4n) is 4.18. The van der Waals surface area contributed by atoms with E-state index in [1.165, 1.54) is 4.90 Å². The largest absolute Gasteiger partial charge is 0.503 e. The molecule has 1 fully saturated rings. The molecule has 0 aliphatic carbocycles. The number of aromatic hydroxyl groups is 1. The number of carbonyl (C=O) groups excluding carboxylic acids is 2. The van der Waals surface area contributed by atoms with E-state index in [2.05, 4.69) is 5.32 Å². The molecule has 3 heterocycles. The Balaban J connectivity index is 1.79. The van der Waals surface area contributed by atoms with E-state index in [-0.39, 0.29) is 24.9 Å². The molecule has 3 N–H and O–H groups in total. The second kappa shape index (κ2) is 7.70. The summed E-state index contributed by atoms with van der Waals surface area (Å²) in [6.07, 6.45) is 0.893. The van der Waals surface area contributed by atoms with Crippen molar-refractivity contribution in [2.45, 2.75) is 50.8 Å². The molecule has 1 saturated heterocycles. The van der Waals surface area contributed by atoms with Crippen LogP contribution >= 0.6 is 0 Å². The summed E-state index contributed by atoms with van der Waals surface area (Å²) in [5.41, 5.74) is -4.74. The molecule has 0 spiro atoms. The Morgan fingerprint density at radius 3 is 2.81 bits per heavy atom. The van der Waals surface area contributed by atoms with Crippen molar-refractivity contribution in [3.8, 4) is 5.75 Å². The number of aliphatic hydroxyl groups is 1. The summed E-state index contributed by atoms with van der Waals surface area (Å²) >= 11 is 0. The number of fused-ring (bicyclic) bond motifs is 4. The Morgan fingerprint density at radius 1 is 1.38 bits per heavy atom. The molecular formula is C22H23F2N3O5. The van der Waals surface area contributed by atoms with Crippen LogP contribution in [0.25, 0.3) is 0 Å². The smallest absolute Gasteiger partial charge is 0.274 e. The SMILES string of the molecule is [2H]C([2H])([2H])C1(O)CCC(C)N2CC1n1cc(C(=O)NCc3ccc(F)cc3F)c(=O)c(O)c1C2=O. The van der Waals surface area contributed by atoms with Crippen LogP contribution in [0, 0.1) is 11.6 Å². The van der Waals surface area contributed by atoms with Crippen LogP contribution in [0.2, 0.25) is 0 Å². The van der Waals surface area contributed by atoms with Crippen molar-refractivity contribution in [2.24, 2.45) is 0 Å². The molecule has 3 atom stereocenters. The molecule has 2 bridgehead atoms. The summed E-state index contributed by atoms with van der Waals surface area (Å²) in [4.78, 5) is 40.0. The van der Waals surface area contributed by atoms with Crippen molar-refractivity contribution in [1.29, 1.82) is 0 Å². The van der Waals surface area contributed by atoms with Crippen molar-refractivity contribution < 1.29 is 32.7 Å². The van der Waals surface area contributed by atoms with Gasteiger partial charge in [-0.05, 0) is 32.7 Å². The molecule has 2 aliphatic heterocycles. The van der Waals surface area contributed by atoms with E-state index in [1.807, 2.05) is 0 Å². The molecule has 0 radical (unpaired) electrons. The Hall–Kier alpha value is -3.27. The maximum atomic E-state index is 13.9. The second-order valence-corrected chi connectivity index (χ2v) is 8.18. The second-order valence-electron chi connectivity index (χ2n) is 8.18. The molecule has 2 aliphatic rings. The highest BCUT2D eigenvalue weighted by Crippen LogP contribution is 2.39. The maximum Gasteiger partial charge on any atom is 0.274 e. The minimum absolute atomic E-state index is 0.0672. The third-order valence-electron chi connectivity index (χ3n) is 6.10. The van der Waals surface area contributed by atoms with Crippen molar-refractivity contribution in [3.63, 3.8) is 0 Å². The Bertz CT molecular complexity index is 1280. The summed E-state index contributed by atoms with van der Waals surface area (Å²) in [7, 11) is 0. The number of rotatable bonds is 3. The standard InChI is InChI=1S/C22H23F2N3O5/c1-11-5-6-22(2,32)16-10-26(11)21(31)17-19(29)18(28)14(9-27(16)17)20(30)25-8-12-3-4-13(23)7-15(12)24/h3-4,7,9,11,16,29,32H,5-6,8,10H2,1-2H3,(H,25,30)/i2D3. The number of hydrogen-bond acceptors (Lipinski definition) is 5. The third kappa shape index (κ3) is 3.54. The zero-order valence-corrected chi connectivity index (χ0v) is 17.1. The summed E-state index contributed by atoms with van der Waals surface area (Å²) < 4.78 is 51.8. The molecule has 1 aromatic carbocycles. The molecule has 3 unspecified atom stereocenters. The van der Waals surface area contributed by atoms with Crippen LogP contribution in [0.5, 0.6) is 5.75 Å². The first-order valence-electron chi connectivity index (χ1n) is 11.5. The van der Waals surface area contributed by atoms with Gasteiger partial charge in [0.15, 0.2) is 11.4 Å². The number of hydrogen-bond donors (Lipinski definition) is 3. The number of aromatic nitrogens is 1. The lowest BCUT2D eigenvalue weighted by Gasteiger charge is -2.41. The van der Waals surface area contributed by atoms with Gasteiger partial charge >= 0.3 is 0 Å². The summed E-state index contributed by atoms with van der Waals surface area (Å²) in [6, 6.07) is 0.961. The average Bonchev–Trinajstić information content (AvgIpc) is 2.89. The predicted molar refractivity (Wildman–Crippen MR) is 109 cm³/mol. The number of halogens is 2. The van der Waals surface area contributed by atoms with Crippen LogP contribution in [0.1, 0.15) is 63.2 Å². The van der Waals surface area contributed by atoms with Crippen LogP contribution in [0.4, 0.5) is 8.78 Å². The van der Waals surface area contributed by atoms with Crippen LogP contribution in [-0.2, 0) is 6.54 Å². The van der Waals surface area contributed by atoms with Gasteiger partial charge in [0.25, 0.3) is 11.8 Å². The Kier molecular flexibility index (Phi) is 4.41. The maximum absolute atomic E-state index is 13.9. The molecule has 10 heteroatoms. The number of nitrogens with one attached hydrogen (secondary N) is 1. The number of pyridine rings is 1. The van der Waals surface area contributed by atoms with E-state index >= 15 is 0 Å². The van der Waals surface area contributed by atoms with Gasteiger partial charge in [-0.25, -0.2) is 8.78 Å². The Morgan fingerprint density at radius 2 is 2.12 bits per heavy atom. The van der Waals surface area contributed by atoms with E-state index < -0.39 is 77.0 Å². The normalized spacial score (nSPS) is 26.4. The van der Waals surface area contributed by atoms with Gasteiger partial charge < -0.3 is 25.0 Å². The molecule has 2 aromatic rings. The van der Waals surface area contributed by atoms with Gasteiger partial charge in [0.05, 0.1) is 11.6 Å². The minimum atomic E-state index is -2.88. The molecule has 1 aromatic heterocycles. The lowest BCUT2D eigenvalue weighted by Crippen LogP contribution is -2.51. The quantitative estimate of drug-likeness (QED) is 0.659. The monoisotopic (exact) mass is 450 g/mol. The van der Waals surface area contributed by atoms with Gasteiger partial charge in [0, 0.05) is 41.1 Å². The molecule has 4 rings (SSSR count). The van der Waals surface area contributed by atoms with Gasteiger partial charge in [-0.3, -0.25) is 14.4 Å². The fourth-order valence-corrected chi connectivity index (χ4v) is 4.18. The van der Waals surface area contributed by atoms with Gasteiger partial charge in [0.2, 0.25) is 5.43 Å². The van der Waals surface area contributed by atoms with E-state index in [0.29, 0.717) is 6.07 Å². The molecular weight excluding hydrogens is 424 g/mol.